The first kappa shape index (κ1) is 14.8. The molecule has 0 aliphatic heterocycles. The Morgan fingerprint density at radius 2 is 2.06 bits per heavy atom. The number of carbonyl (C=O) groups is 1. The number of hydrogen-bond donors (Lipinski definition) is 0. The summed E-state index contributed by atoms with van der Waals surface area (Å²) in [6.07, 6.45) is 1.65. The van der Waals surface area contributed by atoms with Crippen molar-refractivity contribution >= 4 is 17.6 Å². The second-order valence-electron chi connectivity index (χ2n) is 3.74. The van der Waals surface area contributed by atoms with Crippen LogP contribution in [-0.4, -0.2) is 25.1 Å². The molecule has 0 saturated carbocycles. The Balaban J connectivity index is 3.04. The van der Waals surface area contributed by atoms with E-state index in [1.807, 2.05) is 19.1 Å². The van der Waals surface area contributed by atoms with Crippen molar-refractivity contribution in [2.45, 2.75) is 26.7 Å². The number of hydrogen-bond acceptors (Lipinski definition) is 3. The van der Waals surface area contributed by atoms with Crippen molar-refractivity contribution in [1.82, 2.24) is 0 Å². The molecular weight excluding hydrogens is 252 g/mol. The maximum absolute atomic E-state index is 11.8. The molecular formula is C14H19ClO3. The first-order valence-corrected chi connectivity index (χ1v) is 6.75. The van der Waals surface area contributed by atoms with Gasteiger partial charge in [0.05, 0.1) is 13.2 Å². The minimum Gasteiger partial charge on any atom is -0.493 e. The molecule has 18 heavy (non-hydrogen) atoms. The van der Waals surface area contributed by atoms with Gasteiger partial charge in [-0.3, -0.25) is 0 Å². The molecule has 0 fully saturated rings. The lowest BCUT2D eigenvalue weighted by Crippen LogP contribution is -2.09. The summed E-state index contributed by atoms with van der Waals surface area (Å²) in [5.41, 5.74) is 1.49. The summed E-state index contributed by atoms with van der Waals surface area (Å²) in [7, 11) is 0. The smallest absolute Gasteiger partial charge is 0.341 e. The fourth-order valence-electron chi connectivity index (χ4n) is 1.72. The van der Waals surface area contributed by atoms with Crippen LogP contribution in [0.25, 0.3) is 0 Å². The van der Waals surface area contributed by atoms with Gasteiger partial charge in [0.2, 0.25) is 0 Å². The number of benzene rings is 1. The summed E-state index contributed by atoms with van der Waals surface area (Å²) in [4.78, 5) is 11.8. The third-order valence-electron chi connectivity index (χ3n) is 2.46. The van der Waals surface area contributed by atoms with E-state index in [4.69, 9.17) is 21.1 Å². The normalized spacial score (nSPS) is 10.2. The first-order chi connectivity index (χ1) is 8.74. The average Bonchev–Trinajstić information content (AvgIpc) is 2.38. The molecule has 0 saturated heterocycles. The fraction of sp³-hybridized carbons (Fsp3) is 0.500. The van der Waals surface area contributed by atoms with Crippen molar-refractivity contribution < 1.29 is 14.3 Å². The van der Waals surface area contributed by atoms with Crippen molar-refractivity contribution in [3.8, 4) is 5.75 Å². The summed E-state index contributed by atoms with van der Waals surface area (Å²) < 4.78 is 10.6. The Bertz CT molecular complexity index is 391. The largest absolute Gasteiger partial charge is 0.493 e. The van der Waals surface area contributed by atoms with E-state index in [0.717, 1.165) is 18.4 Å². The molecule has 0 spiro atoms. The van der Waals surface area contributed by atoms with Crippen LogP contribution in [0.1, 0.15) is 36.2 Å². The van der Waals surface area contributed by atoms with E-state index in [9.17, 15) is 4.79 Å². The summed E-state index contributed by atoms with van der Waals surface area (Å²) >= 11 is 5.70. The van der Waals surface area contributed by atoms with Crippen molar-refractivity contribution in [2.75, 3.05) is 19.1 Å². The lowest BCUT2D eigenvalue weighted by molar-refractivity contribution is 0.0521. The Morgan fingerprint density at radius 3 is 2.67 bits per heavy atom. The van der Waals surface area contributed by atoms with Gasteiger partial charge < -0.3 is 9.47 Å². The molecule has 0 unspecified atom stereocenters. The highest BCUT2D eigenvalue weighted by atomic mass is 35.5. The molecule has 0 amide bonds. The van der Waals surface area contributed by atoms with Crippen LogP contribution in [0.3, 0.4) is 0 Å². The number of aryl methyl sites for hydroxylation is 1. The topological polar surface area (TPSA) is 35.5 Å². The van der Waals surface area contributed by atoms with Crippen molar-refractivity contribution in [3.05, 3.63) is 29.3 Å². The lowest BCUT2D eigenvalue weighted by atomic mass is 10.0. The van der Waals surface area contributed by atoms with E-state index in [0.29, 0.717) is 30.4 Å². The maximum Gasteiger partial charge on any atom is 0.341 e. The van der Waals surface area contributed by atoms with Crippen molar-refractivity contribution in [1.29, 1.82) is 0 Å². The van der Waals surface area contributed by atoms with Crippen LogP contribution in [0.5, 0.6) is 5.75 Å². The van der Waals surface area contributed by atoms with E-state index < -0.39 is 0 Å². The van der Waals surface area contributed by atoms with Crippen LogP contribution in [0.4, 0.5) is 0 Å². The molecule has 0 atom stereocenters. The van der Waals surface area contributed by atoms with Gasteiger partial charge in [-0.05, 0) is 38.3 Å². The van der Waals surface area contributed by atoms with Gasteiger partial charge in [-0.1, -0.05) is 12.1 Å². The Morgan fingerprint density at radius 1 is 1.28 bits per heavy atom. The lowest BCUT2D eigenvalue weighted by Gasteiger charge is -2.14. The van der Waals surface area contributed by atoms with Crippen LogP contribution in [0.2, 0.25) is 0 Å². The minimum absolute atomic E-state index is 0.339. The molecule has 0 bridgehead atoms. The fourth-order valence-corrected chi connectivity index (χ4v) is 1.86. The minimum atomic E-state index is -0.339. The number of alkyl halides is 1. The van der Waals surface area contributed by atoms with E-state index in [1.165, 1.54) is 0 Å². The predicted molar refractivity (Wildman–Crippen MR) is 72.6 cm³/mol. The summed E-state index contributed by atoms with van der Waals surface area (Å²) in [6.45, 7) is 4.56. The van der Waals surface area contributed by atoms with E-state index in [1.54, 1.807) is 13.0 Å². The number of ether oxygens (including phenoxy) is 2. The van der Waals surface area contributed by atoms with Gasteiger partial charge in [-0.2, -0.15) is 0 Å². The molecule has 0 aliphatic carbocycles. The molecule has 0 N–H and O–H groups in total. The van der Waals surface area contributed by atoms with Crippen LogP contribution < -0.4 is 4.74 Å². The number of halogens is 1. The highest BCUT2D eigenvalue weighted by molar-refractivity contribution is 6.17. The van der Waals surface area contributed by atoms with Crippen LogP contribution in [0.15, 0.2) is 18.2 Å². The Hall–Kier alpha value is -1.22. The molecule has 1 aromatic carbocycles. The second-order valence-corrected chi connectivity index (χ2v) is 4.12. The Kier molecular flexibility index (Phi) is 6.58. The molecule has 0 radical (unpaired) electrons. The molecule has 0 heterocycles. The number of rotatable bonds is 7. The maximum atomic E-state index is 11.8. The van der Waals surface area contributed by atoms with Gasteiger partial charge in [-0.25, -0.2) is 4.79 Å². The van der Waals surface area contributed by atoms with Gasteiger partial charge in [0.15, 0.2) is 0 Å². The van der Waals surface area contributed by atoms with Crippen LogP contribution in [-0.2, 0) is 11.2 Å². The number of para-hydroxylation sites is 1. The zero-order valence-corrected chi connectivity index (χ0v) is 11.6. The van der Waals surface area contributed by atoms with Gasteiger partial charge in [-0.15, -0.1) is 11.6 Å². The van der Waals surface area contributed by atoms with Crippen LogP contribution in [0, 0.1) is 0 Å². The first-order valence-electron chi connectivity index (χ1n) is 6.22. The third kappa shape index (κ3) is 3.91. The molecule has 3 nitrogen and oxygen atoms in total. The molecule has 1 rings (SSSR count). The predicted octanol–water partition coefficient (Wildman–Crippen LogP) is 3.43. The number of esters is 1. The average molecular weight is 271 g/mol. The van der Waals surface area contributed by atoms with Gasteiger partial charge in [0.1, 0.15) is 11.3 Å². The van der Waals surface area contributed by atoms with Crippen molar-refractivity contribution in [2.24, 2.45) is 0 Å². The van der Waals surface area contributed by atoms with Gasteiger partial charge in [0, 0.05) is 5.88 Å². The van der Waals surface area contributed by atoms with E-state index in [2.05, 4.69) is 0 Å². The molecule has 0 aromatic heterocycles. The molecule has 4 heteroatoms. The molecule has 100 valence electrons. The summed E-state index contributed by atoms with van der Waals surface area (Å²) in [5, 5.41) is 0. The monoisotopic (exact) mass is 270 g/mol. The third-order valence-corrected chi connectivity index (χ3v) is 2.73. The molecule has 0 aliphatic rings. The number of carbonyl (C=O) groups excluding carboxylic acids is 1. The molecule has 1 aromatic rings. The quantitative estimate of drug-likeness (QED) is 0.562. The van der Waals surface area contributed by atoms with Crippen LogP contribution >= 0.6 is 11.6 Å². The Labute approximate surface area is 113 Å². The highest BCUT2D eigenvalue weighted by Crippen LogP contribution is 2.26. The second kappa shape index (κ2) is 7.98. The summed E-state index contributed by atoms with van der Waals surface area (Å²) in [6, 6.07) is 5.53. The van der Waals surface area contributed by atoms with Crippen molar-refractivity contribution in [3.63, 3.8) is 0 Å². The zero-order valence-electron chi connectivity index (χ0n) is 10.9. The van der Waals surface area contributed by atoms with E-state index in [-0.39, 0.29) is 5.97 Å². The van der Waals surface area contributed by atoms with Gasteiger partial charge >= 0.3 is 5.97 Å². The summed E-state index contributed by atoms with van der Waals surface area (Å²) in [5.74, 6) is 0.882. The SMILES string of the molecule is CCOC(=O)c1cccc(CCCCl)c1OCC. The highest BCUT2D eigenvalue weighted by Gasteiger charge is 2.16. The standard InChI is InChI=1S/C14H19ClO3/c1-3-17-13-11(8-6-10-15)7-5-9-12(13)14(16)18-4-2/h5,7,9H,3-4,6,8,10H2,1-2H3. The van der Waals surface area contributed by atoms with E-state index >= 15 is 0 Å². The van der Waals surface area contributed by atoms with Gasteiger partial charge in [0.25, 0.3) is 0 Å². The zero-order chi connectivity index (χ0) is 13.4.